The third kappa shape index (κ3) is 9.60. The van der Waals surface area contributed by atoms with Crippen molar-refractivity contribution in [3.05, 3.63) is 77.9 Å². The summed E-state index contributed by atoms with van der Waals surface area (Å²) in [5.41, 5.74) is 6.31. The molecule has 4 amide bonds. The Bertz CT molecular complexity index is 1490. The SMILES string of the molecule is C#Cc1ccc(C(C(=O)Nc2ccc3ccccc3c2)N(CCCCC)C(=O)C(CC(N)=O)NC(=O)OC(C)(C)C)cc1. The number of primary amides is 1. The number of hydrogen-bond donors (Lipinski definition) is 3. The highest BCUT2D eigenvalue weighted by atomic mass is 16.6. The van der Waals surface area contributed by atoms with E-state index in [9.17, 15) is 19.2 Å². The number of hydrogen-bond acceptors (Lipinski definition) is 5. The Balaban J connectivity index is 2.05. The van der Waals surface area contributed by atoms with Gasteiger partial charge in [0.05, 0.1) is 6.42 Å². The minimum Gasteiger partial charge on any atom is -0.444 e. The molecule has 0 aliphatic heterocycles. The van der Waals surface area contributed by atoms with Gasteiger partial charge in [-0.2, -0.15) is 0 Å². The van der Waals surface area contributed by atoms with E-state index in [2.05, 4.69) is 16.6 Å². The Morgan fingerprint density at radius 1 is 0.977 bits per heavy atom. The summed E-state index contributed by atoms with van der Waals surface area (Å²) in [4.78, 5) is 54.4. The molecule has 4 N–H and O–H groups in total. The summed E-state index contributed by atoms with van der Waals surface area (Å²) in [6.45, 7) is 7.25. The number of fused-ring (bicyclic) bond motifs is 1. The molecule has 226 valence electrons. The van der Waals surface area contributed by atoms with Gasteiger partial charge >= 0.3 is 6.09 Å². The van der Waals surface area contributed by atoms with Gasteiger partial charge in [0.2, 0.25) is 11.8 Å². The van der Waals surface area contributed by atoms with Crippen molar-refractivity contribution in [3.63, 3.8) is 0 Å². The number of nitrogens with two attached hydrogens (primary N) is 1. The molecule has 0 radical (unpaired) electrons. The van der Waals surface area contributed by atoms with Crippen molar-refractivity contribution in [3.8, 4) is 12.3 Å². The van der Waals surface area contributed by atoms with Crippen LogP contribution in [0.4, 0.5) is 10.5 Å². The first-order valence-corrected chi connectivity index (χ1v) is 14.4. The van der Waals surface area contributed by atoms with Crippen LogP contribution < -0.4 is 16.4 Å². The fraction of sp³-hybridized carbons (Fsp3) is 0.353. The first kappa shape index (κ1) is 32.7. The van der Waals surface area contributed by atoms with E-state index in [-0.39, 0.29) is 6.54 Å². The molecule has 9 heteroatoms. The summed E-state index contributed by atoms with van der Waals surface area (Å²) in [6.07, 6.45) is 6.45. The van der Waals surface area contributed by atoms with Gasteiger partial charge in [-0.15, -0.1) is 6.42 Å². The molecule has 0 fully saturated rings. The summed E-state index contributed by atoms with van der Waals surface area (Å²) in [6, 6.07) is 17.6. The van der Waals surface area contributed by atoms with E-state index in [0.29, 0.717) is 23.2 Å². The lowest BCUT2D eigenvalue weighted by molar-refractivity contribution is -0.142. The summed E-state index contributed by atoms with van der Waals surface area (Å²) in [7, 11) is 0. The Labute approximate surface area is 253 Å². The molecule has 2 atom stereocenters. The number of rotatable bonds is 12. The fourth-order valence-electron chi connectivity index (χ4n) is 4.66. The third-order valence-corrected chi connectivity index (χ3v) is 6.65. The number of ether oxygens (including phenoxy) is 1. The van der Waals surface area contributed by atoms with Crippen molar-refractivity contribution >= 4 is 40.3 Å². The maximum Gasteiger partial charge on any atom is 0.408 e. The summed E-state index contributed by atoms with van der Waals surface area (Å²) >= 11 is 0. The number of nitrogens with one attached hydrogen (secondary N) is 2. The van der Waals surface area contributed by atoms with E-state index in [1.165, 1.54) is 4.90 Å². The van der Waals surface area contributed by atoms with E-state index >= 15 is 0 Å². The molecule has 3 aromatic rings. The Morgan fingerprint density at radius 2 is 1.65 bits per heavy atom. The topological polar surface area (TPSA) is 131 Å². The van der Waals surface area contributed by atoms with Crippen molar-refractivity contribution in [2.75, 3.05) is 11.9 Å². The van der Waals surface area contributed by atoms with Crippen LogP contribution in [0, 0.1) is 12.3 Å². The van der Waals surface area contributed by atoms with Gasteiger partial charge in [-0.1, -0.05) is 68.2 Å². The van der Waals surface area contributed by atoms with E-state index in [0.717, 1.165) is 23.6 Å². The first-order valence-electron chi connectivity index (χ1n) is 14.4. The Hall–Kier alpha value is -4.84. The fourth-order valence-corrected chi connectivity index (χ4v) is 4.66. The van der Waals surface area contributed by atoms with Gasteiger partial charge in [-0.3, -0.25) is 14.4 Å². The molecule has 0 saturated carbocycles. The zero-order chi connectivity index (χ0) is 31.6. The quantitative estimate of drug-likeness (QED) is 0.197. The molecule has 3 aromatic carbocycles. The van der Waals surface area contributed by atoms with Gasteiger partial charge in [0, 0.05) is 17.8 Å². The van der Waals surface area contributed by atoms with Crippen molar-refractivity contribution in [1.29, 1.82) is 0 Å². The van der Waals surface area contributed by atoms with E-state index in [4.69, 9.17) is 16.9 Å². The van der Waals surface area contributed by atoms with Crippen LogP contribution in [-0.4, -0.2) is 46.9 Å². The monoisotopic (exact) mass is 584 g/mol. The van der Waals surface area contributed by atoms with Crippen LogP contribution in [0.1, 0.15) is 70.5 Å². The van der Waals surface area contributed by atoms with Crippen LogP contribution in [0.2, 0.25) is 0 Å². The van der Waals surface area contributed by atoms with Crippen LogP contribution in [0.25, 0.3) is 10.8 Å². The molecule has 0 aromatic heterocycles. The lowest BCUT2D eigenvalue weighted by atomic mass is 10.00. The summed E-state index contributed by atoms with van der Waals surface area (Å²) < 4.78 is 5.34. The molecule has 0 aliphatic rings. The lowest BCUT2D eigenvalue weighted by Crippen LogP contribution is -2.53. The van der Waals surface area contributed by atoms with Crippen LogP contribution in [0.5, 0.6) is 0 Å². The molecule has 0 spiro atoms. The Morgan fingerprint density at radius 3 is 2.26 bits per heavy atom. The van der Waals surface area contributed by atoms with Gasteiger partial charge in [0.1, 0.15) is 17.7 Å². The molecular formula is C34H40N4O5. The average molecular weight is 585 g/mol. The maximum atomic E-state index is 14.2. The van der Waals surface area contributed by atoms with Gasteiger partial charge < -0.3 is 26.0 Å². The number of terminal acetylenes is 1. The van der Waals surface area contributed by atoms with Crippen molar-refractivity contribution in [2.24, 2.45) is 5.73 Å². The van der Waals surface area contributed by atoms with Crippen LogP contribution in [0.3, 0.4) is 0 Å². The number of anilines is 1. The van der Waals surface area contributed by atoms with Gasteiger partial charge in [-0.05, 0) is 67.8 Å². The molecule has 0 aliphatic carbocycles. The average Bonchev–Trinajstić information content (AvgIpc) is 2.95. The van der Waals surface area contributed by atoms with Crippen molar-refractivity contribution in [1.82, 2.24) is 10.2 Å². The molecule has 9 nitrogen and oxygen atoms in total. The number of amides is 4. The molecule has 0 heterocycles. The van der Waals surface area contributed by atoms with Gasteiger partial charge in [0.25, 0.3) is 5.91 Å². The highest BCUT2D eigenvalue weighted by molar-refractivity contribution is 6.01. The molecule has 43 heavy (non-hydrogen) atoms. The van der Waals surface area contributed by atoms with E-state index < -0.39 is 47.9 Å². The van der Waals surface area contributed by atoms with Crippen LogP contribution in [-0.2, 0) is 19.1 Å². The second-order valence-corrected chi connectivity index (χ2v) is 11.3. The molecule has 0 saturated heterocycles. The first-order chi connectivity index (χ1) is 20.4. The molecule has 2 unspecified atom stereocenters. The number of carbonyl (C=O) groups excluding carboxylic acids is 4. The summed E-state index contributed by atoms with van der Waals surface area (Å²) in [5.74, 6) is 0.659. The summed E-state index contributed by atoms with van der Waals surface area (Å²) in [5, 5.41) is 7.41. The van der Waals surface area contributed by atoms with Gasteiger partial charge in [0.15, 0.2) is 0 Å². The minimum atomic E-state index is -1.35. The lowest BCUT2D eigenvalue weighted by Gasteiger charge is -2.34. The van der Waals surface area contributed by atoms with Crippen molar-refractivity contribution < 1.29 is 23.9 Å². The molecular weight excluding hydrogens is 544 g/mol. The van der Waals surface area contributed by atoms with Crippen LogP contribution >= 0.6 is 0 Å². The highest BCUT2D eigenvalue weighted by Crippen LogP contribution is 2.27. The molecule has 0 bridgehead atoms. The number of benzene rings is 3. The predicted octanol–water partition coefficient (Wildman–Crippen LogP) is 5.29. The number of unbranched alkanes of at least 4 members (excludes halogenated alkanes) is 2. The van der Waals surface area contributed by atoms with Gasteiger partial charge in [-0.25, -0.2) is 4.79 Å². The number of nitrogens with zero attached hydrogens (tertiary/aromatic N) is 1. The highest BCUT2D eigenvalue weighted by Gasteiger charge is 2.37. The third-order valence-electron chi connectivity index (χ3n) is 6.65. The number of carbonyl (C=O) groups is 4. The standard InChI is InChI=1S/C34H40N4O5/c1-6-8-11-20-38(32(41)28(22-29(35)39)37-33(42)43-34(3,4)5)30(25-16-14-23(7-2)15-17-25)31(40)36-27-19-18-24-12-9-10-13-26(24)21-27/h2,9-10,12-19,21,28,30H,6,8,11,20,22H2,1,3-5H3,(H2,35,39)(H,36,40)(H,37,42). The predicted molar refractivity (Wildman–Crippen MR) is 168 cm³/mol. The van der Waals surface area contributed by atoms with E-state index in [1.54, 1.807) is 51.1 Å². The largest absolute Gasteiger partial charge is 0.444 e. The van der Waals surface area contributed by atoms with Crippen LogP contribution in [0.15, 0.2) is 66.7 Å². The molecule has 3 rings (SSSR count). The maximum absolute atomic E-state index is 14.2. The minimum absolute atomic E-state index is 0.185. The number of alkyl carbamates (subject to hydrolysis) is 1. The van der Waals surface area contributed by atoms with Crippen molar-refractivity contribution in [2.45, 2.75) is 71.1 Å². The zero-order valence-electron chi connectivity index (χ0n) is 25.2. The zero-order valence-corrected chi connectivity index (χ0v) is 25.2. The van der Waals surface area contributed by atoms with E-state index in [1.807, 2.05) is 43.3 Å². The second-order valence-electron chi connectivity index (χ2n) is 11.3. The normalized spacial score (nSPS) is 12.4. The smallest absolute Gasteiger partial charge is 0.408 e. The Kier molecular flexibility index (Phi) is 11.3. The second kappa shape index (κ2) is 14.9.